The van der Waals surface area contributed by atoms with Crippen LogP contribution in [-0.4, -0.2) is 18.4 Å². The summed E-state index contributed by atoms with van der Waals surface area (Å²) in [6.07, 6.45) is 1.51. The highest BCUT2D eigenvalue weighted by Gasteiger charge is 2.09. The van der Waals surface area contributed by atoms with Gasteiger partial charge in [-0.1, -0.05) is 29.8 Å². The maximum absolute atomic E-state index is 11.4. The molecule has 1 rings (SSSR count). The number of aldehydes is 1. The Labute approximate surface area is 105 Å². The van der Waals surface area contributed by atoms with Crippen molar-refractivity contribution in [3.05, 3.63) is 40.9 Å². The molecule has 17 heavy (non-hydrogen) atoms. The number of allylic oxidation sites excluding steroid dienone is 1. The van der Waals surface area contributed by atoms with Crippen molar-refractivity contribution in [1.82, 2.24) is 0 Å². The van der Waals surface area contributed by atoms with Gasteiger partial charge in [-0.25, -0.2) is 4.79 Å². The van der Waals surface area contributed by atoms with E-state index in [4.69, 9.17) is 16.3 Å². The first-order valence-corrected chi connectivity index (χ1v) is 5.54. The van der Waals surface area contributed by atoms with Crippen molar-refractivity contribution < 1.29 is 14.3 Å². The van der Waals surface area contributed by atoms with Crippen molar-refractivity contribution in [3.63, 3.8) is 0 Å². The van der Waals surface area contributed by atoms with Gasteiger partial charge in [0.2, 0.25) is 0 Å². The van der Waals surface area contributed by atoms with Crippen molar-refractivity contribution in [1.29, 1.82) is 0 Å². The van der Waals surface area contributed by atoms with Crippen LogP contribution in [0, 0.1) is 0 Å². The van der Waals surface area contributed by atoms with Crippen LogP contribution >= 0.6 is 11.6 Å². The molecule has 0 aliphatic rings. The van der Waals surface area contributed by atoms with Crippen LogP contribution < -0.4 is 0 Å². The second kappa shape index (κ2) is 6.21. The Morgan fingerprint density at radius 2 is 2.00 bits per heavy atom. The molecule has 0 N–H and O–H groups in total. The minimum absolute atomic E-state index is 0.209. The Kier molecular flexibility index (Phi) is 4.91. The molecule has 0 radical (unpaired) electrons. The van der Waals surface area contributed by atoms with E-state index in [9.17, 15) is 9.59 Å². The molecule has 0 saturated carbocycles. The molecular formula is C13H13ClO3. The lowest BCUT2D eigenvalue weighted by Crippen LogP contribution is -2.09. The summed E-state index contributed by atoms with van der Waals surface area (Å²) in [5, 5.41) is 0.420. The third-order valence-electron chi connectivity index (χ3n) is 1.94. The number of halogens is 1. The van der Waals surface area contributed by atoms with Gasteiger partial charge >= 0.3 is 5.97 Å². The molecule has 0 atom stereocenters. The zero-order chi connectivity index (χ0) is 12.8. The first kappa shape index (κ1) is 13.5. The van der Waals surface area contributed by atoms with Gasteiger partial charge in [-0.15, -0.1) is 0 Å². The number of esters is 1. The number of hydrogen-bond donors (Lipinski definition) is 0. The highest BCUT2D eigenvalue weighted by Crippen LogP contribution is 2.22. The molecule has 90 valence electrons. The summed E-state index contributed by atoms with van der Waals surface area (Å²) >= 11 is 5.94. The third kappa shape index (κ3) is 4.04. The summed E-state index contributed by atoms with van der Waals surface area (Å²) in [5.74, 6) is -0.554. The zero-order valence-electron chi connectivity index (χ0n) is 9.64. The predicted molar refractivity (Wildman–Crippen MR) is 66.7 cm³/mol. The summed E-state index contributed by atoms with van der Waals surface area (Å²) in [4.78, 5) is 22.4. The van der Waals surface area contributed by atoms with E-state index < -0.39 is 5.97 Å². The Morgan fingerprint density at radius 3 is 2.53 bits per heavy atom. The molecule has 0 saturated heterocycles. The topological polar surface area (TPSA) is 43.4 Å². The summed E-state index contributed by atoms with van der Waals surface area (Å²) in [6, 6.07) is 6.82. The van der Waals surface area contributed by atoms with Crippen LogP contribution in [0.5, 0.6) is 0 Å². The number of rotatable bonds is 4. The smallest absolute Gasteiger partial charge is 0.331 e. The van der Waals surface area contributed by atoms with E-state index in [0.29, 0.717) is 16.9 Å². The lowest BCUT2D eigenvalue weighted by Gasteiger charge is -2.06. The predicted octanol–water partition coefficient (Wildman–Crippen LogP) is 2.87. The Hall–Kier alpha value is -1.61. The minimum atomic E-state index is -0.554. The molecule has 0 aliphatic carbocycles. The van der Waals surface area contributed by atoms with Crippen molar-refractivity contribution in [3.8, 4) is 0 Å². The second-order valence-corrected chi connectivity index (χ2v) is 4.09. The van der Waals surface area contributed by atoms with E-state index >= 15 is 0 Å². The molecule has 0 heterocycles. The lowest BCUT2D eigenvalue weighted by atomic mass is 10.1. The van der Waals surface area contributed by atoms with Gasteiger partial charge in [0.15, 0.2) is 6.29 Å². The summed E-state index contributed by atoms with van der Waals surface area (Å²) < 4.78 is 4.93. The Morgan fingerprint density at radius 1 is 1.35 bits per heavy atom. The first-order valence-electron chi connectivity index (χ1n) is 5.17. The van der Waals surface area contributed by atoms with Gasteiger partial charge in [-0.05, 0) is 19.9 Å². The summed E-state index contributed by atoms with van der Waals surface area (Å²) in [7, 11) is 0. The van der Waals surface area contributed by atoms with Gasteiger partial charge in [0, 0.05) is 22.2 Å². The van der Waals surface area contributed by atoms with Crippen molar-refractivity contribution in [2.24, 2.45) is 0 Å². The average Bonchev–Trinajstić information content (AvgIpc) is 2.26. The molecule has 1 aromatic rings. The van der Waals surface area contributed by atoms with Crippen molar-refractivity contribution >= 4 is 29.4 Å². The molecule has 3 nitrogen and oxygen atoms in total. The number of carbonyl (C=O) groups excluding carboxylic acids is 2. The number of benzene rings is 1. The molecule has 1 aromatic carbocycles. The maximum atomic E-state index is 11.4. The summed E-state index contributed by atoms with van der Waals surface area (Å²) in [6.45, 7) is 3.48. The highest BCUT2D eigenvalue weighted by molar-refractivity contribution is 6.34. The molecule has 0 aromatic heterocycles. The fourth-order valence-corrected chi connectivity index (χ4v) is 1.51. The highest BCUT2D eigenvalue weighted by atomic mass is 35.5. The largest absolute Gasteiger partial charge is 0.460 e. The molecule has 0 spiro atoms. The van der Waals surface area contributed by atoms with E-state index in [1.807, 2.05) is 0 Å². The lowest BCUT2D eigenvalue weighted by molar-refractivity contribution is -0.141. The van der Waals surface area contributed by atoms with E-state index in [-0.39, 0.29) is 11.7 Å². The number of ether oxygens (including phenoxy) is 1. The van der Waals surface area contributed by atoms with Gasteiger partial charge in [0.1, 0.15) is 0 Å². The fraction of sp³-hybridized carbons (Fsp3) is 0.231. The van der Waals surface area contributed by atoms with Crippen molar-refractivity contribution in [2.45, 2.75) is 20.0 Å². The van der Waals surface area contributed by atoms with E-state index in [1.165, 1.54) is 0 Å². The van der Waals surface area contributed by atoms with Crippen LogP contribution in [0.2, 0.25) is 5.02 Å². The van der Waals surface area contributed by atoms with Crippen LogP contribution in [0.25, 0.3) is 5.57 Å². The minimum Gasteiger partial charge on any atom is -0.460 e. The van der Waals surface area contributed by atoms with Crippen LogP contribution in [0.1, 0.15) is 19.4 Å². The first-order chi connectivity index (χ1) is 8.04. The zero-order valence-corrected chi connectivity index (χ0v) is 10.4. The van der Waals surface area contributed by atoms with Gasteiger partial charge in [0.25, 0.3) is 0 Å². The molecule has 0 bridgehead atoms. The maximum Gasteiger partial charge on any atom is 0.331 e. The second-order valence-electron chi connectivity index (χ2n) is 3.68. The van der Waals surface area contributed by atoms with Crippen LogP contribution in [-0.2, 0) is 14.3 Å². The molecular weight excluding hydrogens is 240 g/mol. The van der Waals surface area contributed by atoms with Gasteiger partial charge in [-0.3, -0.25) is 4.79 Å². The molecule has 0 amide bonds. The van der Waals surface area contributed by atoms with Gasteiger partial charge in [0.05, 0.1) is 6.10 Å². The van der Waals surface area contributed by atoms with E-state index in [0.717, 1.165) is 6.08 Å². The van der Waals surface area contributed by atoms with Gasteiger partial charge in [-0.2, -0.15) is 0 Å². The van der Waals surface area contributed by atoms with Gasteiger partial charge < -0.3 is 4.74 Å². The van der Waals surface area contributed by atoms with Crippen LogP contribution in [0.3, 0.4) is 0 Å². The molecule has 0 unspecified atom stereocenters. The fourth-order valence-electron chi connectivity index (χ4n) is 1.26. The summed E-state index contributed by atoms with van der Waals surface area (Å²) in [5.41, 5.74) is 0.728. The normalized spacial score (nSPS) is 11.4. The van der Waals surface area contributed by atoms with Crippen molar-refractivity contribution in [2.75, 3.05) is 0 Å². The molecule has 0 aliphatic heterocycles. The number of hydrogen-bond acceptors (Lipinski definition) is 3. The molecule has 0 fully saturated rings. The number of carbonyl (C=O) groups is 2. The average molecular weight is 253 g/mol. The quantitative estimate of drug-likeness (QED) is 0.470. The Bertz CT molecular complexity index is 450. The van der Waals surface area contributed by atoms with E-state index in [1.54, 1.807) is 38.1 Å². The standard InChI is InChI=1S/C13H13ClO3/c1-9(2)17-13(16)7-10(8-15)11-5-3-4-6-12(11)14/h3-9H,1-2H3/b10-7-. The van der Waals surface area contributed by atoms with E-state index in [2.05, 4.69) is 0 Å². The SMILES string of the molecule is CC(C)OC(=O)/C=C(/C=O)c1ccccc1Cl. The monoisotopic (exact) mass is 252 g/mol. The van der Waals surface area contributed by atoms with Crippen LogP contribution in [0.15, 0.2) is 30.3 Å². The Balaban J connectivity index is 3.00. The van der Waals surface area contributed by atoms with Crippen LogP contribution in [0.4, 0.5) is 0 Å². The molecule has 4 heteroatoms. The third-order valence-corrected chi connectivity index (χ3v) is 2.27.